The average Bonchev–Trinajstić information content (AvgIpc) is 2.43. The number of aryl methyl sites for hydroxylation is 1. The maximum absolute atomic E-state index is 11.8. The second-order valence-electron chi connectivity index (χ2n) is 5.31. The number of nitrogens with one attached hydrogen (secondary N) is 1. The Bertz CT molecular complexity index is 479. The molecule has 0 spiro atoms. The number of hydrogen-bond acceptors (Lipinski definition) is 4. The third kappa shape index (κ3) is 3.85. The van der Waals surface area contributed by atoms with Crippen molar-refractivity contribution in [3.63, 3.8) is 0 Å². The number of aromatic nitrogens is 1. The monoisotopic (exact) mass is 296 g/mol. The molecule has 1 aromatic heterocycles. The minimum absolute atomic E-state index is 0.00209. The number of rotatable bonds is 4. The van der Waals surface area contributed by atoms with Crippen molar-refractivity contribution in [3.8, 4) is 0 Å². The van der Waals surface area contributed by atoms with Crippen LogP contribution in [0.1, 0.15) is 38.2 Å². The quantitative estimate of drug-likeness (QED) is 0.681. The van der Waals surface area contributed by atoms with E-state index < -0.39 is 0 Å². The fraction of sp³-hybridized carbons (Fsp3) is 0.600. The van der Waals surface area contributed by atoms with E-state index in [1.165, 1.54) is 0 Å². The van der Waals surface area contributed by atoms with Gasteiger partial charge in [0.25, 0.3) is 0 Å². The van der Waals surface area contributed by atoms with Crippen molar-refractivity contribution in [3.05, 3.63) is 23.0 Å². The van der Waals surface area contributed by atoms with Crippen LogP contribution in [-0.2, 0) is 9.53 Å². The predicted molar refractivity (Wildman–Crippen MR) is 80.0 cm³/mol. The highest BCUT2D eigenvalue weighted by Crippen LogP contribution is 2.29. The Labute approximate surface area is 124 Å². The molecule has 1 aromatic rings. The summed E-state index contributed by atoms with van der Waals surface area (Å²) in [4.78, 5) is 16.0. The zero-order chi connectivity index (χ0) is 14.5. The third-order valence-electron chi connectivity index (χ3n) is 3.63. The molecule has 0 bridgehead atoms. The van der Waals surface area contributed by atoms with Gasteiger partial charge in [-0.1, -0.05) is 18.0 Å². The summed E-state index contributed by atoms with van der Waals surface area (Å²) in [7, 11) is 0. The van der Waals surface area contributed by atoms with Gasteiger partial charge in [-0.15, -0.1) is 0 Å². The molecule has 2 rings (SSSR count). The first kappa shape index (κ1) is 15.1. The van der Waals surface area contributed by atoms with Gasteiger partial charge in [0, 0.05) is 12.2 Å². The van der Waals surface area contributed by atoms with Crippen molar-refractivity contribution < 1.29 is 9.53 Å². The lowest BCUT2D eigenvalue weighted by Crippen LogP contribution is -2.32. The van der Waals surface area contributed by atoms with Crippen LogP contribution in [0.15, 0.2) is 12.3 Å². The SMILES string of the molecule is CCOC(=O)C1CCCC(Nc2cc(C)cnc2Cl)C1. The number of nitrogens with zero attached hydrogens (tertiary/aromatic N) is 1. The summed E-state index contributed by atoms with van der Waals surface area (Å²) >= 11 is 6.10. The van der Waals surface area contributed by atoms with Crippen molar-refractivity contribution in [1.82, 2.24) is 4.98 Å². The summed E-state index contributed by atoms with van der Waals surface area (Å²) in [6.07, 6.45) is 5.52. The molecule has 5 heteroatoms. The van der Waals surface area contributed by atoms with Gasteiger partial charge in [0.2, 0.25) is 0 Å². The summed E-state index contributed by atoms with van der Waals surface area (Å²) < 4.78 is 5.12. The molecule has 1 saturated carbocycles. The van der Waals surface area contributed by atoms with Crippen LogP contribution in [-0.4, -0.2) is 23.6 Å². The van der Waals surface area contributed by atoms with E-state index in [2.05, 4.69) is 10.3 Å². The van der Waals surface area contributed by atoms with Gasteiger partial charge >= 0.3 is 5.97 Å². The van der Waals surface area contributed by atoms with Crippen LogP contribution in [0.2, 0.25) is 5.15 Å². The molecule has 0 radical (unpaired) electrons. The van der Waals surface area contributed by atoms with Crippen molar-refractivity contribution in [1.29, 1.82) is 0 Å². The number of pyridine rings is 1. The minimum atomic E-state index is -0.0764. The molecule has 2 unspecified atom stereocenters. The first-order valence-electron chi connectivity index (χ1n) is 7.15. The lowest BCUT2D eigenvalue weighted by Gasteiger charge is -2.29. The van der Waals surface area contributed by atoms with Crippen molar-refractivity contribution in [2.45, 2.75) is 45.6 Å². The summed E-state index contributed by atoms with van der Waals surface area (Å²) in [6.45, 7) is 4.27. The normalized spacial score (nSPS) is 22.4. The highest BCUT2D eigenvalue weighted by Gasteiger charge is 2.28. The molecule has 0 saturated heterocycles. The van der Waals surface area contributed by atoms with Gasteiger partial charge in [0.15, 0.2) is 5.15 Å². The van der Waals surface area contributed by atoms with Gasteiger partial charge in [-0.25, -0.2) is 4.98 Å². The van der Waals surface area contributed by atoms with Crippen LogP contribution in [0.4, 0.5) is 5.69 Å². The van der Waals surface area contributed by atoms with E-state index in [-0.39, 0.29) is 17.9 Å². The van der Waals surface area contributed by atoms with E-state index in [4.69, 9.17) is 16.3 Å². The molecule has 2 atom stereocenters. The highest BCUT2D eigenvalue weighted by molar-refractivity contribution is 6.31. The molecule has 4 nitrogen and oxygen atoms in total. The molecule has 1 N–H and O–H groups in total. The lowest BCUT2D eigenvalue weighted by molar-refractivity contribution is -0.149. The Kier molecular flexibility index (Phi) is 5.24. The van der Waals surface area contributed by atoms with Crippen molar-refractivity contribution in [2.75, 3.05) is 11.9 Å². The van der Waals surface area contributed by atoms with E-state index in [1.54, 1.807) is 6.20 Å². The smallest absolute Gasteiger partial charge is 0.308 e. The van der Waals surface area contributed by atoms with Gasteiger partial charge < -0.3 is 10.1 Å². The maximum Gasteiger partial charge on any atom is 0.308 e. The fourth-order valence-corrected chi connectivity index (χ4v) is 2.83. The highest BCUT2D eigenvalue weighted by atomic mass is 35.5. The molecule has 0 amide bonds. The topological polar surface area (TPSA) is 51.2 Å². The van der Waals surface area contributed by atoms with E-state index in [0.29, 0.717) is 11.8 Å². The molecule has 1 heterocycles. The number of halogens is 1. The second-order valence-corrected chi connectivity index (χ2v) is 5.67. The van der Waals surface area contributed by atoms with E-state index in [0.717, 1.165) is 36.9 Å². The number of carbonyl (C=O) groups excluding carboxylic acids is 1. The first-order valence-corrected chi connectivity index (χ1v) is 7.53. The van der Waals surface area contributed by atoms with Crippen LogP contribution in [0.5, 0.6) is 0 Å². The Hall–Kier alpha value is -1.29. The van der Waals surface area contributed by atoms with Gasteiger partial charge in [-0.2, -0.15) is 0 Å². The van der Waals surface area contributed by atoms with Crippen LogP contribution in [0.25, 0.3) is 0 Å². The zero-order valence-electron chi connectivity index (χ0n) is 12.0. The molecular weight excluding hydrogens is 276 g/mol. The van der Waals surface area contributed by atoms with Gasteiger partial charge in [-0.05, 0) is 44.7 Å². The van der Waals surface area contributed by atoms with Gasteiger partial charge in [-0.3, -0.25) is 4.79 Å². The lowest BCUT2D eigenvalue weighted by atomic mass is 9.85. The summed E-state index contributed by atoms with van der Waals surface area (Å²) in [5.41, 5.74) is 1.91. The average molecular weight is 297 g/mol. The van der Waals surface area contributed by atoms with Crippen LogP contribution >= 0.6 is 11.6 Å². The Morgan fingerprint density at radius 1 is 1.55 bits per heavy atom. The third-order valence-corrected chi connectivity index (χ3v) is 3.93. The second kappa shape index (κ2) is 6.93. The number of carbonyl (C=O) groups is 1. The van der Waals surface area contributed by atoms with Crippen molar-refractivity contribution >= 4 is 23.3 Å². The fourth-order valence-electron chi connectivity index (χ4n) is 2.67. The van der Waals surface area contributed by atoms with E-state index >= 15 is 0 Å². The summed E-state index contributed by atoms with van der Waals surface area (Å²) in [5, 5.41) is 3.90. The van der Waals surface area contributed by atoms with Crippen LogP contribution < -0.4 is 5.32 Å². The van der Waals surface area contributed by atoms with Crippen LogP contribution in [0, 0.1) is 12.8 Å². The van der Waals surface area contributed by atoms with Crippen molar-refractivity contribution in [2.24, 2.45) is 5.92 Å². The minimum Gasteiger partial charge on any atom is -0.466 e. The number of anilines is 1. The Morgan fingerprint density at radius 3 is 3.10 bits per heavy atom. The number of hydrogen-bond donors (Lipinski definition) is 1. The number of ether oxygens (including phenoxy) is 1. The molecule has 1 aliphatic carbocycles. The molecule has 20 heavy (non-hydrogen) atoms. The Morgan fingerprint density at radius 2 is 2.35 bits per heavy atom. The van der Waals surface area contributed by atoms with Gasteiger partial charge in [0.1, 0.15) is 0 Å². The van der Waals surface area contributed by atoms with Crippen LogP contribution in [0.3, 0.4) is 0 Å². The molecule has 0 aromatic carbocycles. The number of esters is 1. The molecule has 110 valence electrons. The molecule has 1 aliphatic rings. The maximum atomic E-state index is 11.8. The van der Waals surface area contributed by atoms with E-state index in [1.807, 2.05) is 19.9 Å². The molecule has 1 fully saturated rings. The summed E-state index contributed by atoms with van der Waals surface area (Å²) in [5.74, 6) is -0.0785. The van der Waals surface area contributed by atoms with Gasteiger partial charge in [0.05, 0.1) is 18.2 Å². The first-order chi connectivity index (χ1) is 9.60. The Balaban J connectivity index is 1.99. The largest absolute Gasteiger partial charge is 0.466 e. The molecule has 0 aliphatic heterocycles. The zero-order valence-corrected chi connectivity index (χ0v) is 12.7. The molecular formula is C15H21ClN2O2. The summed E-state index contributed by atoms with van der Waals surface area (Å²) in [6, 6.07) is 2.24. The standard InChI is InChI=1S/C15H21ClN2O2/c1-3-20-15(19)11-5-4-6-12(8-11)18-13-7-10(2)9-17-14(13)16/h7,9,11-12,18H,3-6,8H2,1-2H3. The van der Waals surface area contributed by atoms with E-state index in [9.17, 15) is 4.79 Å². The predicted octanol–water partition coefficient (Wildman–Crippen LogP) is 3.58.